The summed E-state index contributed by atoms with van der Waals surface area (Å²) in [6, 6.07) is 9.84. The molecule has 0 amide bonds. The van der Waals surface area contributed by atoms with Crippen LogP contribution in [0.3, 0.4) is 0 Å². The maximum atomic E-state index is 13.8. The molecule has 1 spiro atoms. The fraction of sp³-hybridized carbons (Fsp3) is 0.400. The molecule has 0 saturated heterocycles. The molecule has 1 aliphatic carbocycles. The highest BCUT2D eigenvalue weighted by Gasteiger charge is 2.52. The van der Waals surface area contributed by atoms with E-state index < -0.39 is 44.9 Å². The van der Waals surface area contributed by atoms with E-state index in [1.807, 2.05) is 6.92 Å². The SMILES string of the molecule is Cc1ccc([C@@](C)(c2ccn3c(C(F)(F)F)nnc3c2C)[C@H](C)C(=O)O)cc1CN1CC2(CC2)Oc2ncccc2S1(=O)=O. The Morgan fingerprint density at radius 1 is 1.16 bits per heavy atom. The second-order valence-electron chi connectivity index (χ2n) is 11.8. The summed E-state index contributed by atoms with van der Waals surface area (Å²) in [7, 11) is -3.99. The predicted octanol–water partition coefficient (Wildman–Crippen LogP) is 4.90. The lowest BCUT2D eigenvalue weighted by Crippen LogP contribution is -2.39. The number of carbonyl (C=O) groups is 1. The molecule has 0 bridgehead atoms. The van der Waals surface area contributed by atoms with Crippen molar-refractivity contribution in [2.24, 2.45) is 5.92 Å². The molecule has 4 aromatic rings. The Balaban J connectivity index is 1.46. The molecule has 232 valence electrons. The highest BCUT2D eigenvalue weighted by Crippen LogP contribution is 2.47. The number of aromatic nitrogens is 4. The van der Waals surface area contributed by atoms with Crippen LogP contribution in [-0.2, 0) is 33.0 Å². The monoisotopic (exact) mass is 629 g/mol. The van der Waals surface area contributed by atoms with Gasteiger partial charge in [0.1, 0.15) is 10.5 Å². The molecule has 3 aromatic heterocycles. The highest BCUT2D eigenvalue weighted by molar-refractivity contribution is 7.89. The highest BCUT2D eigenvalue weighted by atomic mass is 32.2. The van der Waals surface area contributed by atoms with Crippen molar-refractivity contribution in [2.45, 2.75) is 69.2 Å². The number of hydrogen-bond acceptors (Lipinski definition) is 7. The lowest BCUT2D eigenvalue weighted by Gasteiger charge is -2.36. The molecule has 4 heterocycles. The smallest absolute Gasteiger partial charge is 0.452 e. The van der Waals surface area contributed by atoms with Gasteiger partial charge in [-0.05, 0) is 72.7 Å². The number of aryl methyl sites for hydroxylation is 2. The van der Waals surface area contributed by atoms with Gasteiger partial charge in [-0.15, -0.1) is 10.2 Å². The summed E-state index contributed by atoms with van der Waals surface area (Å²) in [6.07, 6.45) is -0.676. The summed E-state index contributed by atoms with van der Waals surface area (Å²) in [6.45, 7) is 6.81. The van der Waals surface area contributed by atoms with Gasteiger partial charge >= 0.3 is 12.1 Å². The van der Waals surface area contributed by atoms with Crippen molar-refractivity contribution < 1.29 is 36.2 Å². The molecule has 10 nitrogen and oxygen atoms in total. The van der Waals surface area contributed by atoms with E-state index in [0.717, 1.165) is 9.96 Å². The summed E-state index contributed by atoms with van der Waals surface area (Å²) >= 11 is 0. The van der Waals surface area contributed by atoms with Crippen LogP contribution in [0.15, 0.2) is 53.7 Å². The number of fused-ring (bicyclic) bond motifs is 2. The number of rotatable bonds is 6. The first-order valence-corrected chi connectivity index (χ1v) is 15.4. The lowest BCUT2D eigenvalue weighted by atomic mass is 9.66. The van der Waals surface area contributed by atoms with Gasteiger partial charge < -0.3 is 9.84 Å². The number of ether oxygens (including phenoxy) is 1. The Kier molecular flexibility index (Phi) is 6.81. The molecule has 1 saturated carbocycles. The third-order valence-corrected chi connectivity index (χ3v) is 10.9. The van der Waals surface area contributed by atoms with Crippen molar-refractivity contribution in [3.8, 4) is 5.88 Å². The van der Waals surface area contributed by atoms with E-state index in [4.69, 9.17) is 4.74 Å². The van der Waals surface area contributed by atoms with E-state index in [1.54, 1.807) is 38.1 Å². The number of carboxylic acids is 1. The Hall–Kier alpha value is -4.04. The second kappa shape index (κ2) is 9.99. The minimum atomic E-state index is -4.73. The lowest BCUT2D eigenvalue weighted by molar-refractivity contribution is -0.145. The third-order valence-electron chi connectivity index (χ3n) is 9.11. The number of pyridine rings is 2. The fourth-order valence-electron chi connectivity index (χ4n) is 6.05. The Labute approximate surface area is 251 Å². The van der Waals surface area contributed by atoms with Crippen molar-refractivity contribution in [3.05, 3.63) is 82.4 Å². The summed E-state index contributed by atoms with van der Waals surface area (Å²) in [4.78, 5) is 16.7. The van der Waals surface area contributed by atoms with Crippen molar-refractivity contribution in [3.63, 3.8) is 0 Å². The van der Waals surface area contributed by atoms with Gasteiger partial charge in [0.15, 0.2) is 5.65 Å². The van der Waals surface area contributed by atoms with Gasteiger partial charge in [0.05, 0.1) is 12.5 Å². The number of aliphatic carboxylic acids is 1. The van der Waals surface area contributed by atoms with Crippen LogP contribution < -0.4 is 4.74 Å². The standard InChI is InChI=1S/C30H30F3N5O5S/c1-17-7-8-21(14-20(17)15-37-16-29(10-11-29)43-25-23(44(37,41)42)6-5-12-34-25)28(4,19(3)26(39)40)22-9-13-38-24(18(22)2)35-36-27(38)30(31,32)33/h5-9,12-14,19H,10-11,15-16H2,1-4H3,(H,39,40)/t19-,28+/m1/s1. The van der Waals surface area contributed by atoms with Crippen molar-refractivity contribution in [2.75, 3.05) is 6.54 Å². The number of halogens is 3. The molecular formula is C30H30F3N5O5S. The summed E-state index contributed by atoms with van der Waals surface area (Å²) < 4.78 is 76.6. The zero-order chi connectivity index (χ0) is 31.8. The van der Waals surface area contributed by atoms with Crippen molar-refractivity contribution in [1.29, 1.82) is 0 Å². The van der Waals surface area contributed by atoms with Gasteiger partial charge in [0.25, 0.3) is 0 Å². The maximum absolute atomic E-state index is 13.8. The molecule has 0 radical (unpaired) electrons. The molecule has 14 heteroatoms. The molecule has 44 heavy (non-hydrogen) atoms. The van der Waals surface area contributed by atoms with Crippen LogP contribution in [0.1, 0.15) is 60.3 Å². The average molecular weight is 630 g/mol. The first-order valence-electron chi connectivity index (χ1n) is 14.0. The molecule has 1 aromatic carbocycles. The number of nitrogens with zero attached hydrogens (tertiary/aromatic N) is 5. The summed E-state index contributed by atoms with van der Waals surface area (Å²) in [5, 5.41) is 17.3. The van der Waals surface area contributed by atoms with Crippen LogP contribution in [0.4, 0.5) is 13.2 Å². The van der Waals surface area contributed by atoms with E-state index in [-0.39, 0.29) is 29.5 Å². The zero-order valence-electron chi connectivity index (χ0n) is 24.4. The van der Waals surface area contributed by atoms with Crippen LogP contribution >= 0.6 is 0 Å². The maximum Gasteiger partial charge on any atom is 0.452 e. The van der Waals surface area contributed by atoms with Crippen molar-refractivity contribution in [1.82, 2.24) is 23.9 Å². The Bertz CT molecular complexity index is 1920. The van der Waals surface area contributed by atoms with E-state index in [2.05, 4.69) is 15.2 Å². The van der Waals surface area contributed by atoms with E-state index in [9.17, 15) is 31.5 Å². The molecule has 1 aliphatic heterocycles. The molecular weight excluding hydrogens is 599 g/mol. The number of carboxylic acid groups (broad SMARTS) is 1. The van der Waals surface area contributed by atoms with Crippen molar-refractivity contribution >= 4 is 21.6 Å². The van der Waals surface area contributed by atoms with Crippen LogP contribution in [0.25, 0.3) is 5.65 Å². The topological polar surface area (TPSA) is 127 Å². The van der Waals surface area contributed by atoms with Gasteiger partial charge in [0.2, 0.25) is 21.7 Å². The number of hydrogen-bond donors (Lipinski definition) is 1. The van der Waals surface area contributed by atoms with Gasteiger partial charge in [-0.2, -0.15) is 17.5 Å². The average Bonchev–Trinajstić information content (AvgIpc) is 3.57. The van der Waals surface area contributed by atoms with Gasteiger partial charge in [-0.1, -0.05) is 32.0 Å². The quantitative estimate of drug-likeness (QED) is 0.319. The van der Waals surface area contributed by atoms with E-state index in [1.165, 1.54) is 35.8 Å². The summed E-state index contributed by atoms with van der Waals surface area (Å²) in [5.74, 6) is -3.25. The molecule has 1 N–H and O–H groups in total. The Morgan fingerprint density at radius 2 is 1.89 bits per heavy atom. The van der Waals surface area contributed by atoms with E-state index in [0.29, 0.717) is 35.1 Å². The van der Waals surface area contributed by atoms with Gasteiger partial charge in [0, 0.05) is 24.4 Å². The largest absolute Gasteiger partial charge is 0.481 e. The van der Waals surface area contributed by atoms with Crippen LogP contribution in [0.5, 0.6) is 5.88 Å². The third kappa shape index (κ3) is 4.71. The molecule has 2 aliphatic rings. The Morgan fingerprint density at radius 3 is 2.55 bits per heavy atom. The van der Waals surface area contributed by atoms with E-state index >= 15 is 0 Å². The first kappa shape index (κ1) is 30.0. The number of sulfonamides is 1. The molecule has 1 fully saturated rings. The number of alkyl halides is 3. The second-order valence-corrected chi connectivity index (χ2v) is 13.7. The fourth-order valence-corrected chi connectivity index (χ4v) is 7.61. The van der Waals surface area contributed by atoms with Gasteiger partial charge in [-0.25, -0.2) is 13.4 Å². The van der Waals surface area contributed by atoms with Crippen LogP contribution in [0.2, 0.25) is 0 Å². The minimum Gasteiger partial charge on any atom is -0.481 e. The molecule has 6 rings (SSSR count). The zero-order valence-corrected chi connectivity index (χ0v) is 25.2. The predicted molar refractivity (Wildman–Crippen MR) is 152 cm³/mol. The normalized spacial score (nSPS) is 19.5. The van der Waals surface area contributed by atoms with Crippen LogP contribution in [0, 0.1) is 19.8 Å². The molecule has 0 unspecified atom stereocenters. The minimum absolute atomic E-state index is 0.00385. The van der Waals surface area contributed by atoms with Gasteiger partial charge in [-0.3, -0.25) is 9.20 Å². The van der Waals surface area contributed by atoms with Crippen LogP contribution in [-0.4, -0.2) is 55.5 Å². The first-order chi connectivity index (χ1) is 20.6. The summed E-state index contributed by atoms with van der Waals surface area (Å²) in [5.41, 5.74) is 0.855. The molecule has 2 atom stereocenters. The number of benzene rings is 1.